The first-order valence-electron chi connectivity index (χ1n) is 7.68. The second-order valence-corrected chi connectivity index (χ2v) is 6.01. The minimum atomic E-state index is -0.950. The number of rotatable bonds is 8. The first-order valence-corrected chi connectivity index (χ1v) is 7.68. The lowest BCUT2D eigenvalue weighted by molar-refractivity contribution is -0.147. The van der Waals surface area contributed by atoms with Gasteiger partial charge in [-0.1, -0.05) is 13.0 Å². The van der Waals surface area contributed by atoms with E-state index in [1.807, 2.05) is 39.0 Å². The maximum atomic E-state index is 11.8. The SMILES string of the molecule is CCCNC(COc1ccc(C)c(C)c1)(C(=O)O)C1CC1. The number of carboxylic acid groups (broad SMARTS) is 1. The van der Waals surface area contributed by atoms with Crippen LogP contribution in [0.2, 0.25) is 0 Å². The van der Waals surface area contributed by atoms with Crippen LogP contribution in [0.5, 0.6) is 5.75 Å². The third-order valence-electron chi connectivity index (χ3n) is 4.29. The largest absolute Gasteiger partial charge is 0.491 e. The van der Waals surface area contributed by atoms with E-state index < -0.39 is 11.5 Å². The van der Waals surface area contributed by atoms with Crippen LogP contribution in [0.3, 0.4) is 0 Å². The smallest absolute Gasteiger partial charge is 0.327 e. The summed E-state index contributed by atoms with van der Waals surface area (Å²) in [5, 5.41) is 12.9. The van der Waals surface area contributed by atoms with Gasteiger partial charge in [0, 0.05) is 0 Å². The Morgan fingerprint density at radius 2 is 2.10 bits per heavy atom. The van der Waals surface area contributed by atoms with E-state index in [-0.39, 0.29) is 12.5 Å². The van der Waals surface area contributed by atoms with Crippen molar-refractivity contribution < 1.29 is 14.6 Å². The molecular weight excluding hydrogens is 266 g/mol. The highest BCUT2D eigenvalue weighted by Crippen LogP contribution is 2.40. The van der Waals surface area contributed by atoms with Crippen LogP contribution in [0.1, 0.15) is 37.3 Å². The van der Waals surface area contributed by atoms with Crippen molar-refractivity contribution in [1.82, 2.24) is 5.32 Å². The van der Waals surface area contributed by atoms with Crippen LogP contribution in [0.25, 0.3) is 0 Å². The third-order valence-corrected chi connectivity index (χ3v) is 4.29. The maximum Gasteiger partial charge on any atom is 0.327 e. The van der Waals surface area contributed by atoms with Gasteiger partial charge in [-0.25, -0.2) is 0 Å². The summed E-state index contributed by atoms with van der Waals surface area (Å²) in [7, 11) is 0. The summed E-state index contributed by atoms with van der Waals surface area (Å²) in [5.74, 6) is 0.109. The predicted octanol–water partition coefficient (Wildman–Crippen LogP) is 2.92. The summed E-state index contributed by atoms with van der Waals surface area (Å²) in [5.41, 5.74) is 1.41. The number of nitrogens with one attached hydrogen (secondary N) is 1. The van der Waals surface area contributed by atoms with Crippen molar-refractivity contribution >= 4 is 5.97 Å². The zero-order valence-electron chi connectivity index (χ0n) is 13.1. The van der Waals surface area contributed by atoms with Crippen molar-refractivity contribution in [3.05, 3.63) is 29.3 Å². The molecule has 4 heteroatoms. The summed E-state index contributed by atoms with van der Waals surface area (Å²) < 4.78 is 5.82. The molecule has 1 saturated carbocycles. The topological polar surface area (TPSA) is 58.6 Å². The quantitative estimate of drug-likeness (QED) is 0.773. The van der Waals surface area contributed by atoms with Crippen molar-refractivity contribution in [2.45, 2.75) is 45.6 Å². The first-order chi connectivity index (χ1) is 9.99. The molecule has 1 fully saturated rings. The van der Waals surface area contributed by atoms with Gasteiger partial charge >= 0.3 is 5.97 Å². The Balaban J connectivity index is 2.10. The Morgan fingerprint density at radius 3 is 2.62 bits per heavy atom. The minimum Gasteiger partial charge on any atom is -0.491 e. The molecular formula is C17H25NO3. The fourth-order valence-corrected chi connectivity index (χ4v) is 2.55. The van der Waals surface area contributed by atoms with Gasteiger partial charge in [0.1, 0.15) is 12.4 Å². The third kappa shape index (κ3) is 3.56. The zero-order valence-corrected chi connectivity index (χ0v) is 13.1. The summed E-state index contributed by atoms with van der Waals surface area (Å²) in [6, 6.07) is 5.88. The summed E-state index contributed by atoms with van der Waals surface area (Å²) in [6.45, 7) is 6.99. The second-order valence-electron chi connectivity index (χ2n) is 6.01. The van der Waals surface area contributed by atoms with Gasteiger partial charge in [0.15, 0.2) is 5.54 Å². The van der Waals surface area contributed by atoms with Gasteiger partial charge in [-0.3, -0.25) is 10.1 Å². The number of benzene rings is 1. The van der Waals surface area contributed by atoms with Crippen LogP contribution in [0.4, 0.5) is 0 Å². The van der Waals surface area contributed by atoms with E-state index in [1.54, 1.807) is 0 Å². The summed E-state index contributed by atoms with van der Waals surface area (Å²) in [6.07, 6.45) is 2.82. The molecule has 116 valence electrons. The van der Waals surface area contributed by atoms with Gasteiger partial charge in [-0.05, 0) is 68.8 Å². The molecule has 0 amide bonds. The number of carbonyl (C=O) groups is 1. The standard InChI is InChI=1S/C17H25NO3/c1-4-9-18-17(16(19)20,14-6-7-14)11-21-15-8-5-12(2)13(3)10-15/h5,8,10,14,18H,4,6-7,9,11H2,1-3H3,(H,19,20). The van der Waals surface area contributed by atoms with E-state index in [0.29, 0.717) is 6.54 Å². The van der Waals surface area contributed by atoms with Gasteiger partial charge < -0.3 is 9.84 Å². The van der Waals surface area contributed by atoms with Crippen LogP contribution in [0, 0.1) is 19.8 Å². The van der Waals surface area contributed by atoms with Crippen molar-refractivity contribution in [2.24, 2.45) is 5.92 Å². The molecule has 2 N–H and O–H groups in total. The van der Waals surface area contributed by atoms with Crippen LogP contribution < -0.4 is 10.1 Å². The lowest BCUT2D eigenvalue weighted by Crippen LogP contribution is -2.58. The van der Waals surface area contributed by atoms with Crippen LogP contribution in [-0.4, -0.2) is 29.8 Å². The van der Waals surface area contributed by atoms with Gasteiger partial charge in [0.2, 0.25) is 0 Å². The van der Waals surface area contributed by atoms with Gasteiger partial charge in [-0.15, -0.1) is 0 Å². The predicted molar refractivity (Wildman–Crippen MR) is 82.8 cm³/mol. The monoisotopic (exact) mass is 291 g/mol. The number of ether oxygens (including phenoxy) is 1. The first kappa shape index (κ1) is 15.8. The van der Waals surface area contributed by atoms with Crippen LogP contribution >= 0.6 is 0 Å². The van der Waals surface area contributed by atoms with E-state index in [0.717, 1.165) is 30.6 Å². The lowest BCUT2D eigenvalue weighted by atomic mass is 9.94. The fraction of sp³-hybridized carbons (Fsp3) is 0.588. The molecule has 0 aromatic heterocycles. The molecule has 1 aromatic rings. The van der Waals surface area contributed by atoms with Gasteiger partial charge in [0.25, 0.3) is 0 Å². The Bertz CT molecular complexity index is 511. The Hall–Kier alpha value is -1.55. The molecule has 1 aromatic carbocycles. The molecule has 1 unspecified atom stereocenters. The number of carboxylic acids is 1. The maximum absolute atomic E-state index is 11.8. The van der Waals surface area contributed by atoms with Crippen molar-refractivity contribution in [2.75, 3.05) is 13.2 Å². The minimum absolute atomic E-state index is 0.174. The molecule has 0 spiro atoms. The molecule has 1 aliphatic carbocycles. The van der Waals surface area contributed by atoms with E-state index in [4.69, 9.17) is 4.74 Å². The molecule has 0 saturated heterocycles. The number of aliphatic carboxylic acids is 1. The molecule has 0 aliphatic heterocycles. The van der Waals surface area contributed by atoms with Crippen LogP contribution in [-0.2, 0) is 4.79 Å². The van der Waals surface area contributed by atoms with Crippen molar-refractivity contribution in [1.29, 1.82) is 0 Å². The van der Waals surface area contributed by atoms with E-state index in [9.17, 15) is 9.90 Å². The number of aryl methyl sites for hydroxylation is 2. The van der Waals surface area contributed by atoms with Crippen molar-refractivity contribution in [3.8, 4) is 5.75 Å². The molecule has 0 radical (unpaired) electrons. The number of hydrogen-bond acceptors (Lipinski definition) is 3. The Kier molecular flexibility index (Phi) is 4.88. The fourth-order valence-electron chi connectivity index (χ4n) is 2.55. The lowest BCUT2D eigenvalue weighted by Gasteiger charge is -2.30. The molecule has 4 nitrogen and oxygen atoms in total. The average Bonchev–Trinajstić information content (AvgIpc) is 3.27. The average molecular weight is 291 g/mol. The molecule has 21 heavy (non-hydrogen) atoms. The Morgan fingerprint density at radius 1 is 1.38 bits per heavy atom. The van der Waals surface area contributed by atoms with Crippen LogP contribution in [0.15, 0.2) is 18.2 Å². The normalized spacial score (nSPS) is 17.3. The highest BCUT2D eigenvalue weighted by atomic mass is 16.5. The van der Waals surface area contributed by atoms with Gasteiger partial charge in [0.05, 0.1) is 0 Å². The molecule has 0 bridgehead atoms. The molecule has 0 heterocycles. The highest BCUT2D eigenvalue weighted by Gasteiger charge is 2.51. The summed E-state index contributed by atoms with van der Waals surface area (Å²) in [4.78, 5) is 11.8. The van der Waals surface area contributed by atoms with Crippen molar-refractivity contribution in [3.63, 3.8) is 0 Å². The Labute approximate surface area is 126 Å². The second kappa shape index (κ2) is 6.48. The molecule has 1 aliphatic rings. The molecule has 2 rings (SSSR count). The summed E-state index contributed by atoms with van der Waals surface area (Å²) >= 11 is 0. The highest BCUT2D eigenvalue weighted by molar-refractivity contribution is 5.80. The zero-order chi connectivity index (χ0) is 15.5. The van der Waals surface area contributed by atoms with Gasteiger partial charge in [-0.2, -0.15) is 0 Å². The van der Waals surface area contributed by atoms with E-state index in [1.165, 1.54) is 5.56 Å². The van der Waals surface area contributed by atoms with E-state index in [2.05, 4.69) is 5.32 Å². The molecule has 1 atom stereocenters. The number of hydrogen-bond donors (Lipinski definition) is 2. The van der Waals surface area contributed by atoms with E-state index >= 15 is 0 Å².